The molecule has 0 aromatic heterocycles. The molecule has 1 heterocycles. The monoisotopic (exact) mass is 342 g/mol. The van der Waals surface area contributed by atoms with Crippen molar-refractivity contribution in [3.05, 3.63) is 0 Å². The highest BCUT2D eigenvalue weighted by Gasteiger charge is 2.32. The molecule has 0 bridgehead atoms. The third kappa shape index (κ3) is 8.34. The lowest BCUT2D eigenvalue weighted by Gasteiger charge is -2.31. The Hall–Kier alpha value is -0.360. The number of ether oxygens (including phenoxy) is 3. The zero-order valence-electron chi connectivity index (χ0n) is 13.4. The number of aliphatic hydroxyl groups is 6. The summed E-state index contributed by atoms with van der Waals surface area (Å²) in [6.07, 6.45) is 0. The van der Waals surface area contributed by atoms with E-state index in [0.717, 1.165) is 26.4 Å². The van der Waals surface area contributed by atoms with E-state index >= 15 is 0 Å². The van der Waals surface area contributed by atoms with Crippen LogP contribution in [-0.4, -0.2) is 110 Å². The lowest BCUT2D eigenvalue weighted by molar-refractivity contribution is -0.103. The van der Waals surface area contributed by atoms with Crippen molar-refractivity contribution >= 4 is 0 Å². The van der Waals surface area contributed by atoms with Crippen molar-refractivity contribution in [1.82, 2.24) is 0 Å². The lowest BCUT2D eigenvalue weighted by Crippen LogP contribution is -2.43. The quantitative estimate of drug-likeness (QED) is 0.244. The zero-order valence-corrected chi connectivity index (χ0v) is 13.4. The van der Waals surface area contributed by atoms with Gasteiger partial charge in [0.15, 0.2) is 0 Å². The standard InChI is InChI=1S/C10H22O7.C4H8O2/c11-1-9(2-12,3-13)7-17-8-10(4-14,5-15)6-16;1-2-6-4-3-5-1/h11-16H,1-8H2;1-4H2. The molecular formula is C14H30O9. The van der Waals surface area contributed by atoms with E-state index in [9.17, 15) is 0 Å². The van der Waals surface area contributed by atoms with Crippen molar-refractivity contribution in [3.63, 3.8) is 0 Å². The molecule has 0 spiro atoms. The highest BCUT2D eigenvalue weighted by molar-refractivity contribution is 4.80. The molecule has 0 atom stereocenters. The molecule has 0 aromatic rings. The minimum absolute atomic E-state index is 0.141. The van der Waals surface area contributed by atoms with Crippen LogP contribution < -0.4 is 0 Å². The van der Waals surface area contributed by atoms with E-state index in [-0.39, 0.29) is 13.2 Å². The van der Waals surface area contributed by atoms with E-state index in [1.165, 1.54) is 0 Å². The molecule has 9 nitrogen and oxygen atoms in total. The molecule has 0 amide bonds. The Kier molecular flexibility index (Phi) is 12.8. The largest absolute Gasteiger partial charge is 0.396 e. The zero-order chi connectivity index (χ0) is 17.6. The predicted octanol–water partition coefficient (Wildman–Crippen LogP) is -3.04. The predicted molar refractivity (Wildman–Crippen MR) is 79.8 cm³/mol. The Labute approximate surface area is 136 Å². The van der Waals surface area contributed by atoms with Gasteiger partial charge in [-0.2, -0.15) is 0 Å². The number of rotatable bonds is 10. The molecule has 1 fully saturated rings. The number of hydrogen-bond donors (Lipinski definition) is 6. The first-order valence-electron chi connectivity index (χ1n) is 7.46. The average molecular weight is 342 g/mol. The fourth-order valence-corrected chi connectivity index (χ4v) is 1.50. The van der Waals surface area contributed by atoms with E-state index < -0.39 is 50.5 Å². The van der Waals surface area contributed by atoms with Crippen LogP contribution in [0.25, 0.3) is 0 Å². The normalized spacial score (nSPS) is 15.9. The Balaban J connectivity index is 0.000000664. The third-order valence-electron chi connectivity index (χ3n) is 3.57. The first-order valence-corrected chi connectivity index (χ1v) is 7.46. The SMILES string of the molecule is C1COCCO1.OCC(CO)(CO)COCC(CO)(CO)CO. The molecule has 9 heteroatoms. The summed E-state index contributed by atoms with van der Waals surface area (Å²) in [5.41, 5.74) is -2.32. The van der Waals surface area contributed by atoms with Gasteiger partial charge in [-0.1, -0.05) is 0 Å². The van der Waals surface area contributed by atoms with Crippen molar-refractivity contribution in [1.29, 1.82) is 0 Å². The summed E-state index contributed by atoms with van der Waals surface area (Å²) in [7, 11) is 0. The maximum atomic E-state index is 9.03. The fraction of sp³-hybridized carbons (Fsp3) is 1.00. The molecule has 23 heavy (non-hydrogen) atoms. The lowest BCUT2D eigenvalue weighted by atomic mass is 9.91. The number of hydrogen-bond acceptors (Lipinski definition) is 9. The summed E-state index contributed by atoms with van der Waals surface area (Å²) in [6, 6.07) is 0. The fourth-order valence-electron chi connectivity index (χ4n) is 1.50. The third-order valence-corrected chi connectivity index (χ3v) is 3.57. The van der Waals surface area contributed by atoms with E-state index in [1.54, 1.807) is 0 Å². The Bertz CT molecular complexity index is 215. The van der Waals surface area contributed by atoms with Crippen LogP contribution in [0.15, 0.2) is 0 Å². The van der Waals surface area contributed by atoms with Gasteiger partial charge >= 0.3 is 0 Å². The van der Waals surface area contributed by atoms with Crippen molar-refractivity contribution in [3.8, 4) is 0 Å². The van der Waals surface area contributed by atoms with E-state index in [1.807, 2.05) is 0 Å². The second-order valence-electron chi connectivity index (χ2n) is 5.67. The second-order valence-corrected chi connectivity index (χ2v) is 5.67. The maximum absolute atomic E-state index is 9.03. The minimum atomic E-state index is -1.16. The van der Waals surface area contributed by atoms with Crippen LogP contribution in [0.1, 0.15) is 0 Å². The molecule has 1 saturated heterocycles. The van der Waals surface area contributed by atoms with Gasteiger partial charge in [0.05, 0.1) is 90.1 Å². The maximum Gasteiger partial charge on any atom is 0.0701 e. The summed E-state index contributed by atoms with van der Waals surface area (Å²) in [4.78, 5) is 0. The molecule has 1 aliphatic rings. The molecule has 0 radical (unpaired) electrons. The van der Waals surface area contributed by atoms with Crippen molar-refractivity contribution < 1.29 is 44.8 Å². The van der Waals surface area contributed by atoms with E-state index in [4.69, 9.17) is 44.8 Å². The van der Waals surface area contributed by atoms with Crippen LogP contribution in [0.3, 0.4) is 0 Å². The first-order chi connectivity index (χ1) is 11.1. The molecule has 0 aliphatic carbocycles. The first kappa shape index (κ1) is 22.6. The van der Waals surface area contributed by atoms with Gasteiger partial charge in [-0.15, -0.1) is 0 Å². The van der Waals surface area contributed by atoms with Gasteiger partial charge in [0.25, 0.3) is 0 Å². The van der Waals surface area contributed by atoms with Crippen LogP contribution in [0.5, 0.6) is 0 Å². The van der Waals surface area contributed by atoms with Gasteiger partial charge in [-0.05, 0) is 0 Å². The molecule has 1 rings (SSSR count). The summed E-state index contributed by atoms with van der Waals surface area (Å²) in [6.45, 7) is 0.106. The Morgan fingerprint density at radius 2 is 0.826 bits per heavy atom. The van der Waals surface area contributed by atoms with Crippen molar-refractivity contribution in [2.24, 2.45) is 10.8 Å². The summed E-state index contributed by atoms with van der Waals surface area (Å²) in [5.74, 6) is 0. The summed E-state index contributed by atoms with van der Waals surface area (Å²) < 4.78 is 15.0. The van der Waals surface area contributed by atoms with Crippen molar-refractivity contribution in [2.45, 2.75) is 0 Å². The molecule has 0 unspecified atom stereocenters. The molecule has 1 aliphatic heterocycles. The highest BCUT2D eigenvalue weighted by atomic mass is 16.6. The Morgan fingerprint density at radius 3 is 1.00 bits per heavy atom. The molecule has 0 saturated carbocycles. The van der Waals surface area contributed by atoms with Gasteiger partial charge in [-0.25, -0.2) is 0 Å². The van der Waals surface area contributed by atoms with Gasteiger partial charge in [0.1, 0.15) is 0 Å². The van der Waals surface area contributed by atoms with Crippen LogP contribution >= 0.6 is 0 Å². The molecule has 140 valence electrons. The topological polar surface area (TPSA) is 149 Å². The molecule has 0 aromatic carbocycles. The van der Waals surface area contributed by atoms with Crippen molar-refractivity contribution in [2.75, 3.05) is 79.3 Å². The average Bonchev–Trinajstić information content (AvgIpc) is 2.65. The van der Waals surface area contributed by atoms with Gasteiger partial charge in [0.2, 0.25) is 0 Å². The minimum Gasteiger partial charge on any atom is -0.396 e. The molecular weight excluding hydrogens is 312 g/mol. The summed E-state index contributed by atoms with van der Waals surface area (Å²) >= 11 is 0. The van der Waals surface area contributed by atoms with E-state index in [2.05, 4.69) is 0 Å². The van der Waals surface area contributed by atoms with Gasteiger partial charge in [0, 0.05) is 0 Å². The van der Waals surface area contributed by atoms with Gasteiger partial charge < -0.3 is 44.8 Å². The smallest absolute Gasteiger partial charge is 0.0701 e. The van der Waals surface area contributed by atoms with Crippen LogP contribution in [0.2, 0.25) is 0 Å². The highest BCUT2D eigenvalue weighted by Crippen LogP contribution is 2.19. The van der Waals surface area contributed by atoms with Crippen LogP contribution in [-0.2, 0) is 14.2 Å². The molecule has 6 N–H and O–H groups in total. The number of aliphatic hydroxyl groups excluding tert-OH is 6. The Morgan fingerprint density at radius 1 is 0.565 bits per heavy atom. The van der Waals surface area contributed by atoms with Crippen LogP contribution in [0.4, 0.5) is 0 Å². The van der Waals surface area contributed by atoms with E-state index in [0.29, 0.717) is 0 Å². The van der Waals surface area contributed by atoms with Crippen LogP contribution in [0, 0.1) is 10.8 Å². The second kappa shape index (κ2) is 13.0. The summed E-state index contributed by atoms with van der Waals surface area (Å²) in [5, 5.41) is 54.2. The van der Waals surface area contributed by atoms with Gasteiger partial charge in [-0.3, -0.25) is 0 Å².